The zero-order chi connectivity index (χ0) is 12.7. The second kappa shape index (κ2) is 7.41. The molecule has 0 radical (unpaired) electrons. The Balaban J connectivity index is 2.75. The third-order valence-corrected chi connectivity index (χ3v) is 3.02. The van der Waals surface area contributed by atoms with Crippen molar-refractivity contribution in [3.8, 4) is 0 Å². The average Bonchev–Trinajstić information content (AvgIpc) is 2.34. The van der Waals surface area contributed by atoms with Crippen LogP contribution in [0.15, 0.2) is 24.3 Å². The molecule has 1 aromatic rings. The highest BCUT2D eigenvalue weighted by Crippen LogP contribution is 2.13. The molecule has 0 amide bonds. The van der Waals surface area contributed by atoms with Gasteiger partial charge in [-0.25, -0.2) is 4.39 Å². The van der Waals surface area contributed by atoms with Crippen LogP contribution in [0.4, 0.5) is 4.39 Å². The molecule has 2 nitrogen and oxygen atoms in total. The van der Waals surface area contributed by atoms with Gasteiger partial charge in [-0.2, -0.15) is 0 Å². The van der Waals surface area contributed by atoms with E-state index in [0.29, 0.717) is 6.42 Å². The molecular formula is C14H22FNO. The number of methoxy groups -OCH3 is 1. The molecule has 3 heteroatoms. The molecule has 0 spiro atoms. The summed E-state index contributed by atoms with van der Waals surface area (Å²) in [7, 11) is 1.71. The Morgan fingerprint density at radius 3 is 2.53 bits per heavy atom. The Hall–Kier alpha value is -0.930. The van der Waals surface area contributed by atoms with Crippen LogP contribution in [0.1, 0.15) is 25.8 Å². The second-order valence-corrected chi connectivity index (χ2v) is 4.14. The number of hydrogen-bond acceptors (Lipinski definition) is 2. The van der Waals surface area contributed by atoms with Crippen LogP contribution < -0.4 is 5.32 Å². The van der Waals surface area contributed by atoms with E-state index in [-0.39, 0.29) is 18.0 Å². The van der Waals surface area contributed by atoms with Gasteiger partial charge in [-0.1, -0.05) is 32.0 Å². The highest BCUT2D eigenvalue weighted by Gasteiger charge is 2.20. The van der Waals surface area contributed by atoms with Gasteiger partial charge in [0, 0.05) is 13.2 Å². The Bertz CT molecular complexity index is 326. The van der Waals surface area contributed by atoms with Crippen molar-refractivity contribution in [1.29, 1.82) is 0 Å². The van der Waals surface area contributed by atoms with Gasteiger partial charge in [0.25, 0.3) is 0 Å². The van der Waals surface area contributed by atoms with Gasteiger partial charge in [0.05, 0.1) is 6.10 Å². The summed E-state index contributed by atoms with van der Waals surface area (Å²) in [4.78, 5) is 0. The molecule has 0 fully saturated rings. The molecule has 0 aliphatic heterocycles. The summed E-state index contributed by atoms with van der Waals surface area (Å²) in [6, 6.07) is 7.09. The minimum Gasteiger partial charge on any atom is -0.380 e. The van der Waals surface area contributed by atoms with E-state index in [1.807, 2.05) is 12.1 Å². The highest BCUT2D eigenvalue weighted by atomic mass is 19.1. The van der Waals surface area contributed by atoms with Crippen molar-refractivity contribution in [1.82, 2.24) is 5.32 Å². The van der Waals surface area contributed by atoms with E-state index < -0.39 is 0 Å². The SMILES string of the molecule is CCNC(Cc1ccccc1F)C(CC)OC. The van der Waals surface area contributed by atoms with E-state index >= 15 is 0 Å². The summed E-state index contributed by atoms with van der Waals surface area (Å²) >= 11 is 0. The van der Waals surface area contributed by atoms with E-state index in [1.165, 1.54) is 6.07 Å². The van der Waals surface area contributed by atoms with Gasteiger partial charge in [-0.15, -0.1) is 0 Å². The van der Waals surface area contributed by atoms with Gasteiger partial charge < -0.3 is 10.1 Å². The predicted molar refractivity (Wildman–Crippen MR) is 68.7 cm³/mol. The quantitative estimate of drug-likeness (QED) is 0.790. The zero-order valence-corrected chi connectivity index (χ0v) is 10.9. The number of benzene rings is 1. The standard InChI is InChI=1S/C14H22FNO/c1-4-14(17-3)13(16-5-2)10-11-8-6-7-9-12(11)15/h6-9,13-14,16H,4-5,10H2,1-3H3. The lowest BCUT2D eigenvalue weighted by Crippen LogP contribution is -2.42. The largest absolute Gasteiger partial charge is 0.380 e. The van der Waals surface area contributed by atoms with Crippen LogP contribution >= 0.6 is 0 Å². The molecule has 0 heterocycles. The third-order valence-electron chi connectivity index (χ3n) is 3.02. The second-order valence-electron chi connectivity index (χ2n) is 4.14. The molecule has 2 atom stereocenters. The molecule has 1 rings (SSSR count). The smallest absolute Gasteiger partial charge is 0.126 e. The summed E-state index contributed by atoms with van der Waals surface area (Å²) < 4.78 is 19.0. The molecule has 2 unspecified atom stereocenters. The number of ether oxygens (including phenoxy) is 1. The molecule has 0 saturated carbocycles. The maximum Gasteiger partial charge on any atom is 0.126 e. The summed E-state index contributed by atoms with van der Waals surface area (Å²) in [5.41, 5.74) is 0.744. The molecule has 17 heavy (non-hydrogen) atoms. The first-order valence-electron chi connectivity index (χ1n) is 6.22. The average molecular weight is 239 g/mol. The van der Waals surface area contributed by atoms with E-state index in [9.17, 15) is 4.39 Å². The van der Waals surface area contributed by atoms with Crippen molar-refractivity contribution < 1.29 is 9.13 Å². The monoisotopic (exact) mass is 239 g/mol. The fraction of sp³-hybridized carbons (Fsp3) is 0.571. The molecule has 0 saturated heterocycles. The van der Waals surface area contributed by atoms with Crippen LogP contribution in [0.2, 0.25) is 0 Å². The number of likely N-dealkylation sites (N-methyl/N-ethyl adjacent to an activating group) is 1. The maximum absolute atomic E-state index is 13.6. The maximum atomic E-state index is 13.6. The van der Waals surface area contributed by atoms with Crippen LogP contribution in [0.3, 0.4) is 0 Å². The normalized spacial score (nSPS) is 14.6. The lowest BCUT2D eigenvalue weighted by molar-refractivity contribution is 0.0656. The fourth-order valence-corrected chi connectivity index (χ4v) is 2.11. The van der Waals surface area contributed by atoms with Crippen LogP contribution in [-0.4, -0.2) is 25.8 Å². The van der Waals surface area contributed by atoms with Crippen LogP contribution in [0.5, 0.6) is 0 Å². The summed E-state index contributed by atoms with van der Waals surface area (Å²) in [6.45, 7) is 5.00. The van der Waals surface area contributed by atoms with Crippen molar-refractivity contribution in [3.05, 3.63) is 35.6 Å². The van der Waals surface area contributed by atoms with Crippen molar-refractivity contribution in [2.75, 3.05) is 13.7 Å². The van der Waals surface area contributed by atoms with Gasteiger partial charge >= 0.3 is 0 Å². The molecular weight excluding hydrogens is 217 g/mol. The Kier molecular flexibility index (Phi) is 6.16. The minimum atomic E-state index is -0.138. The highest BCUT2D eigenvalue weighted by molar-refractivity contribution is 5.18. The summed E-state index contributed by atoms with van der Waals surface area (Å²) in [5, 5.41) is 3.37. The van der Waals surface area contributed by atoms with Crippen molar-refractivity contribution >= 4 is 0 Å². The Morgan fingerprint density at radius 2 is 2.00 bits per heavy atom. The molecule has 0 bridgehead atoms. The van der Waals surface area contributed by atoms with Gasteiger partial charge in [0.1, 0.15) is 5.82 Å². The van der Waals surface area contributed by atoms with Crippen molar-refractivity contribution in [3.63, 3.8) is 0 Å². The molecule has 0 aliphatic carbocycles. The number of halogens is 1. The summed E-state index contributed by atoms with van der Waals surface area (Å²) in [5.74, 6) is -0.138. The summed E-state index contributed by atoms with van der Waals surface area (Å²) in [6.07, 6.45) is 1.70. The lowest BCUT2D eigenvalue weighted by atomic mass is 9.99. The Labute approximate surface area is 103 Å². The Morgan fingerprint density at radius 1 is 1.29 bits per heavy atom. The zero-order valence-electron chi connectivity index (χ0n) is 10.9. The predicted octanol–water partition coefficient (Wildman–Crippen LogP) is 2.77. The van der Waals surface area contributed by atoms with Gasteiger partial charge in [-0.05, 0) is 31.0 Å². The van der Waals surface area contributed by atoms with E-state index in [0.717, 1.165) is 18.5 Å². The first-order valence-corrected chi connectivity index (χ1v) is 6.22. The van der Waals surface area contributed by atoms with Crippen molar-refractivity contribution in [2.24, 2.45) is 0 Å². The van der Waals surface area contributed by atoms with Crippen molar-refractivity contribution in [2.45, 2.75) is 38.8 Å². The minimum absolute atomic E-state index is 0.120. The third kappa shape index (κ3) is 4.10. The van der Waals surface area contributed by atoms with E-state index in [2.05, 4.69) is 19.2 Å². The first kappa shape index (κ1) is 14.1. The van der Waals surface area contributed by atoms with Crippen LogP contribution in [-0.2, 0) is 11.2 Å². The van der Waals surface area contributed by atoms with Gasteiger partial charge in [-0.3, -0.25) is 0 Å². The van der Waals surface area contributed by atoms with E-state index in [4.69, 9.17) is 4.74 Å². The molecule has 0 aliphatic rings. The number of hydrogen-bond donors (Lipinski definition) is 1. The fourth-order valence-electron chi connectivity index (χ4n) is 2.11. The lowest BCUT2D eigenvalue weighted by Gasteiger charge is -2.26. The first-order chi connectivity index (χ1) is 8.22. The topological polar surface area (TPSA) is 21.3 Å². The molecule has 1 N–H and O–H groups in total. The number of nitrogens with one attached hydrogen (secondary N) is 1. The molecule has 0 aromatic heterocycles. The molecule has 96 valence electrons. The van der Waals surface area contributed by atoms with Gasteiger partial charge in [0.2, 0.25) is 0 Å². The van der Waals surface area contributed by atoms with E-state index in [1.54, 1.807) is 13.2 Å². The van der Waals surface area contributed by atoms with Crippen LogP contribution in [0, 0.1) is 5.82 Å². The van der Waals surface area contributed by atoms with Gasteiger partial charge in [0.15, 0.2) is 0 Å². The number of rotatable bonds is 7. The van der Waals surface area contributed by atoms with Crippen LogP contribution in [0.25, 0.3) is 0 Å². The molecule has 1 aromatic carbocycles.